The van der Waals surface area contributed by atoms with E-state index in [-0.39, 0.29) is 0 Å². The maximum atomic E-state index is 6.18. The van der Waals surface area contributed by atoms with Crippen LogP contribution in [0.2, 0.25) is 0 Å². The summed E-state index contributed by atoms with van der Waals surface area (Å²) in [6.45, 7) is 8.55. The highest BCUT2D eigenvalue weighted by Crippen LogP contribution is 2.46. The molecule has 0 bridgehead atoms. The van der Waals surface area contributed by atoms with Crippen molar-refractivity contribution in [2.45, 2.75) is 26.8 Å². The van der Waals surface area contributed by atoms with E-state index in [4.69, 9.17) is 4.42 Å². The van der Waals surface area contributed by atoms with Crippen molar-refractivity contribution in [3.8, 4) is 0 Å². The summed E-state index contributed by atoms with van der Waals surface area (Å²) in [5, 5.41) is 2.12. The second-order valence-corrected chi connectivity index (χ2v) is 6.90. The van der Waals surface area contributed by atoms with Crippen LogP contribution in [-0.2, 0) is 0 Å². The Labute approximate surface area is 151 Å². The number of benzene rings is 1. The number of hydrogen-bond acceptors (Lipinski definition) is 5. The highest BCUT2D eigenvalue weighted by molar-refractivity contribution is 6.09. The molecule has 1 radical (unpaired) electrons. The Bertz CT molecular complexity index is 1130. The molecule has 4 aromatic rings. The van der Waals surface area contributed by atoms with Gasteiger partial charge in [0.25, 0.3) is 0 Å². The number of furan rings is 1. The lowest BCUT2D eigenvalue weighted by atomic mass is 10.1. The molecule has 5 rings (SSSR count). The van der Waals surface area contributed by atoms with Gasteiger partial charge in [0.1, 0.15) is 6.67 Å². The average molecular weight is 343 g/mol. The number of hydrogen-bond donors (Lipinski definition) is 0. The van der Waals surface area contributed by atoms with Crippen LogP contribution in [-0.4, -0.2) is 16.0 Å². The Morgan fingerprint density at radius 2 is 1.77 bits per heavy atom. The predicted octanol–water partition coefficient (Wildman–Crippen LogP) is 5.17. The molecule has 129 valence electrons. The molecule has 26 heavy (non-hydrogen) atoms. The van der Waals surface area contributed by atoms with Crippen molar-refractivity contribution in [1.82, 2.24) is 9.97 Å². The van der Waals surface area contributed by atoms with Crippen LogP contribution in [0.4, 0.5) is 17.2 Å². The van der Waals surface area contributed by atoms with Crippen LogP contribution in [0.5, 0.6) is 0 Å². The van der Waals surface area contributed by atoms with E-state index in [1.165, 1.54) is 0 Å². The summed E-state index contributed by atoms with van der Waals surface area (Å²) in [5.41, 5.74) is 4.77. The fraction of sp³-hybridized carbons (Fsp3) is 0.190. The van der Waals surface area contributed by atoms with Crippen molar-refractivity contribution in [2.75, 3.05) is 9.80 Å². The van der Waals surface area contributed by atoms with Crippen molar-refractivity contribution in [3.63, 3.8) is 0 Å². The van der Waals surface area contributed by atoms with Crippen LogP contribution in [0.1, 0.15) is 19.4 Å². The molecule has 5 heteroatoms. The van der Waals surface area contributed by atoms with Crippen LogP contribution in [0.3, 0.4) is 0 Å². The molecule has 3 aromatic heterocycles. The van der Waals surface area contributed by atoms with E-state index in [1.807, 2.05) is 18.3 Å². The minimum absolute atomic E-state index is 0.311. The first kappa shape index (κ1) is 15.2. The SMILES string of the molecule is Cc1ccc2c(oc3ncccc32)c1N1[CH]N(C(C)C)c2ncccc21. The number of aryl methyl sites for hydroxylation is 1. The first-order valence-corrected chi connectivity index (χ1v) is 8.79. The Balaban J connectivity index is 1.78. The van der Waals surface area contributed by atoms with Gasteiger partial charge in [-0.3, -0.25) is 0 Å². The average Bonchev–Trinajstić information content (AvgIpc) is 3.20. The molecule has 0 atom stereocenters. The van der Waals surface area contributed by atoms with E-state index >= 15 is 0 Å². The molecule has 0 amide bonds. The Morgan fingerprint density at radius 3 is 2.62 bits per heavy atom. The van der Waals surface area contributed by atoms with E-state index in [2.05, 4.69) is 71.5 Å². The number of anilines is 3. The van der Waals surface area contributed by atoms with Crippen molar-refractivity contribution in [2.24, 2.45) is 0 Å². The van der Waals surface area contributed by atoms with Gasteiger partial charge in [-0.2, -0.15) is 0 Å². The van der Waals surface area contributed by atoms with E-state index in [1.54, 1.807) is 6.20 Å². The molecule has 0 spiro atoms. The van der Waals surface area contributed by atoms with E-state index < -0.39 is 0 Å². The molecule has 1 aliphatic heterocycles. The van der Waals surface area contributed by atoms with Crippen molar-refractivity contribution in [1.29, 1.82) is 0 Å². The quantitative estimate of drug-likeness (QED) is 0.502. The lowest BCUT2D eigenvalue weighted by Gasteiger charge is -2.24. The zero-order valence-electron chi connectivity index (χ0n) is 15.0. The fourth-order valence-electron chi connectivity index (χ4n) is 3.63. The van der Waals surface area contributed by atoms with Gasteiger partial charge in [0, 0.05) is 29.2 Å². The fourth-order valence-corrected chi connectivity index (χ4v) is 3.63. The summed E-state index contributed by atoms with van der Waals surface area (Å²) in [7, 11) is 0. The van der Waals surface area contributed by atoms with E-state index in [9.17, 15) is 0 Å². The molecular weight excluding hydrogens is 324 g/mol. The van der Waals surface area contributed by atoms with Gasteiger partial charge < -0.3 is 14.2 Å². The summed E-state index contributed by atoms with van der Waals surface area (Å²) >= 11 is 0. The highest BCUT2D eigenvalue weighted by Gasteiger charge is 2.33. The molecule has 1 aliphatic rings. The minimum Gasteiger partial charge on any atom is -0.435 e. The first-order valence-electron chi connectivity index (χ1n) is 8.79. The lowest BCUT2D eigenvalue weighted by molar-refractivity contribution is 0.653. The highest BCUT2D eigenvalue weighted by atomic mass is 16.3. The van der Waals surface area contributed by atoms with Crippen LogP contribution in [0.25, 0.3) is 22.1 Å². The third kappa shape index (κ3) is 2.03. The summed E-state index contributed by atoms with van der Waals surface area (Å²) in [6, 6.07) is 12.6. The van der Waals surface area contributed by atoms with Gasteiger partial charge >= 0.3 is 0 Å². The Hall–Kier alpha value is -3.08. The normalized spacial score (nSPS) is 14.0. The zero-order valence-corrected chi connectivity index (χ0v) is 15.0. The predicted molar refractivity (Wildman–Crippen MR) is 105 cm³/mol. The van der Waals surface area contributed by atoms with Gasteiger partial charge in [0.15, 0.2) is 11.4 Å². The first-order chi connectivity index (χ1) is 12.6. The van der Waals surface area contributed by atoms with Gasteiger partial charge in [-0.25, -0.2) is 9.97 Å². The molecule has 0 fully saturated rings. The van der Waals surface area contributed by atoms with Gasteiger partial charge in [-0.15, -0.1) is 0 Å². The number of fused-ring (bicyclic) bond motifs is 4. The molecular formula is C21H19N4O. The van der Waals surface area contributed by atoms with E-state index in [0.717, 1.165) is 39.1 Å². The monoisotopic (exact) mass is 343 g/mol. The Kier molecular flexibility index (Phi) is 3.19. The smallest absolute Gasteiger partial charge is 0.227 e. The third-order valence-electron chi connectivity index (χ3n) is 4.90. The number of pyridine rings is 2. The molecule has 5 nitrogen and oxygen atoms in total. The van der Waals surface area contributed by atoms with Gasteiger partial charge in [0.2, 0.25) is 5.71 Å². The second-order valence-electron chi connectivity index (χ2n) is 6.90. The number of aromatic nitrogens is 2. The van der Waals surface area contributed by atoms with Gasteiger partial charge in [-0.05, 0) is 50.6 Å². The largest absolute Gasteiger partial charge is 0.435 e. The van der Waals surface area contributed by atoms with Crippen molar-refractivity contribution in [3.05, 3.63) is 61.0 Å². The van der Waals surface area contributed by atoms with Crippen LogP contribution in [0.15, 0.2) is 53.2 Å². The van der Waals surface area contributed by atoms with Crippen LogP contribution < -0.4 is 9.80 Å². The molecule has 0 saturated heterocycles. The molecule has 0 saturated carbocycles. The molecule has 0 unspecified atom stereocenters. The maximum Gasteiger partial charge on any atom is 0.227 e. The molecule has 0 N–H and O–H groups in total. The van der Waals surface area contributed by atoms with Gasteiger partial charge in [-0.1, -0.05) is 12.1 Å². The number of rotatable bonds is 2. The lowest BCUT2D eigenvalue weighted by Crippen LogP contribution is -2.29. The molecule has 0 aliphatic carbocycles. The van der Waals surface area contributed by atoms with Crippen molar-refractivity contribution < 1.29 is 4.42 Å². The summed E-state index contributed by atoms with van der Waals surface area (Å²) in [6.07, 6.45) is 3.60. The van der Waals surface area contributed by atoms with E-state index in [0.29, 0.717) is 11.8 Å². The number of nitrogens with zero attached hydrogens (tertiary/aromatic N) is 4. The standard InChI is InChI=1S/C21H19N4O/c1-13(2)24-12-25(17-7-5-10-22-20(17)24)18-14(3)8-9-15-16-6-4-11-23-21(16)26-19(15)18/h4-13H,1-3H3. The van der Waals surface area contributed by atoms with Gasteiger partial charge in [0.05, 0.1) is 11.4 Å². The van der Waals surface area contributed by atoms with Crippen LogP contribution >= 0.6 is 0 Å². The summed E-state index contributed by atoms with van der Waals surface area (Å²) < 4.78 is 6.18. The topological polar surface area (TPSA) is 45.4 Å². The van der Waals surface area contributed by atoms with Crippen molar-refractivity contribution >= 4 is 39.3 Å². The summed E-state index contributed by atoms with van der Waals surface area (Å²) in [5.74, 6) is 0.966. The second kappa shape index (κ2) is 5.46. The third-order valence-corrected chi connectivity index (χ3v) is 4.90. The minimum atomic E-state index is 0.311. The Morgan fingerprint density at radius 1 is 0.962 bits per heavy atom. The molecule has 4 heterocycles. The molecule has 1 aromatic carbocycles. The van der Waals surface area contributed by atoms with Crippen LogP contribution in [0, 0.1) is 13.6 Å². The zero-order chi connectivity index (χ0) is 17.8. The summed E-state index contributed by atoms with van der Waals surface area (Å²) in [4.78, 5) is 13.4. The maximum absolute atomic E-state index is 6.18.